The van der Waals surface area contributed by atoms with Crippen LogP contribution in [0.2, 0.25) is 0 Å². The molecule has 6 heteroatoms. The Kier molecular flexibility index (Phi) is 5.80. The number of sulfonamides is 1. The van der Waals surface area contributed by atoms with Crippen molar-refractivity contribution in [1.29, 1.82) is 0 Å². The van der Waals surface area contributed by atoms with Gasteiger partial charge in [-0.05, 0) is 67.4 Å². The first-order valence-corrected chi connectivity index (χ1v) is 10.5. The Morgan fingerprint density at radius 3 is 1.96 bits per heavy atom. The van der Waals surface area contributed by atoms with E-state index in [1.807, 2.05) is 19.1 Å². The van der Waals surface area contributed by atoms with Gasteiger partial charge in [0.2, 0.25) is 0 Å². The SMILES string of the molecule is CCc1ccc(C(=O)Nc2ccc(NS(=O)(=O)c3ccc(C)cc3)cc2)cc1. The molecule has 0 unspecified atom stereocenters. The molecule has 0 bridgehead atoms. The van der Waals surface area contributed by atoms with E-state index in [-0.39, 0.29) is 10.8 Å². The van der Waals surface area contributed by atoms with Gasteiger partial charge in [0.25, 0.3) is 15.9 Å². The van der Waals surface area contributed by atoms with Crippen LogP contribution >= 0.6 is 0 Å². The minimum Gasteiger partial charge on any atom is -0.322 e. The monoisotopic (exact) mass is 394 g/mol. The van der Waals surface area contributed by atoms with Gasteiger partial charge >= 0.3 is 0 Å². The van der Waals surface area contributed by atoms with Crippen LogP contribution in [0.15, 0.2) is 77.7 Å². The van der Waals surface area contributed by atoms with Gasteiger partial charge in [0.15, 0.2) is 0 Å². The Bertz CT molecular complexity index is 1060. The van der Waals surface area contributed by atoms with Crippen LogP contribution in [-0.4, -0.2) is 14.3 Å². The number of anilines is 2. The molecule has 0 aromatic heterocycles. The summed E-state index contributed by atoms with van der Waals surface area (Å²) in [5.74, 6) is -0.212. The number of carbonyl (C=O) groups is 1. The lowest BCUT2D eigenvalue weighted by molar-refractivity contribution is 0.102. The van der Waals surface area contributed by atoms with Crippen LogP contribution in [0.3, 0.4) is 0 Å². The van der Waals surface area contributed by atoms with Crippen molar-refractivity contribution in [3.05, 3.63) is 89.5 Å². The number of amides is 1. The normalized spacial score (nSPS) is 11.1. The molecule has 0 radical (unpaired) electrons. The van der Waals surface area contributed by atoms with Crippen LogP contribution in [0.4, 0.5) is 11.4 Å². The lowest BCUT2D eigenvalue weighted by atomic mass is 10.1. The zero-order valence-electron chi connectivity index (χ0n) is 15.8. The van der Waals surface area contributed by atoms with Crippen LogP contribution in [0, 0.1) is 6.92 Å². The summed E-state index contributed by atoms with van der Waals surface area (Å²) in [6.07, 6.45) is 0.919. The molecule has 0 aliphatic carbocycles. The fourth-order valence-electron chi connectivity index (χ4n) is 2.65. The highest BCUT2D eigenvalue weighted by Gasteiger charge is 2.14. The van der Waals surface area contributed by atoms with E-state index >= 15 is 0 Å². The van der Waals surface area contributed by atoms with E-state index in [0.29, 0.717) is 16.9 Å². The van der Waals surface area contributed by atoms with Crippen molar-refractivity contribution < 1.29 is 13.2 Å². The van der Waals surface area contributed by atoms with Gasteiger partial charge in [-0.15, -0.1) is 0 Å². The second kappa shape index (κ2) is 8.27. The summed E-state index contributed by atoms with van der Waals surface area (Å²) in [7, 11) is -3.65. The molecule has 28 heavy (non-hydrogen) atoms. The summed E-state index contributed by atoms with van der Waals surface area (Å²) in [6.45, 7) is 3.96. The number of aryl methyl sites for hydroxylation is 2. The molecule has 2 N–H and O–H groups in total. The molecule has 0 spiro atoms. The molecule has 0 saturated heterocycles. The van der Waals surface area contributed by atoms with Gasteiger partial charge in [0.05, 0.1) is 4.90 Å². The fraction of sp³-hybridized carbons (Fsp3) is 0.136. The number of hydrogen-bond donors (Lipinski definition) is 2. The Morgan fingerprint density at radius 2 is 1.39 bits per heavy atom. The minimum atomic E-state index is -3.65. The first-order chi connectivity index (χ1) is 13.4. The van der Waals surface area contributed by atoms with Gasteiger partial charge in [-0.25, -0.2) is 8.42 Å². The molecule has 0 fully saturated rings. The summed E-state index contributed by atoms with van der Waals surface area (Å²) in [4.78, 5) is 12.5. The molecule has 0 aliphatic rings. The quantitative estimate of drug-likeness (QED) is 0.641. The Balaban J connectivity index is 1.67. The molecule has 0 aliphatic heterocycles. The van der Waals surface area contributed by atoms with E-state index in [2.05, 4.69) is 17.0 Å². The predicted molar refractivity (Wildman–Crippen MR) is 112 cm³/mol. The van der Waals surface area contributed by atoms with Crippen molar-refractivity contribution in [3.63, 3.8) is 0 Å². The van der Waals surface area contributed by atoms with Crippen molar-refractivity contribution in [1.82, 2.24) is 0 Å². The molecule has 0 atom stereocenters. The predicted octanol–water partition coefficient (Wildman–Crippen LogP) is 4.61. The number of hydrogen-bond acceptors (Lipinski definition) is 3. The smallest absolute Gasteiger partial charge is 0.261 e. The largest absolute Gasteiger partial charge is 0.322 e. The molecule has 3 rings (SSSR count). The van der Waals surface area contributed by atoms with Crippen molar-refractivity contribution >= 4 is 27.3 Å². The molecule has 1 amide bonds. The summed E-state index contributed by atoms with van der Waals surface area (Å²) in [5.41, 5.74) is 3.74. The molecule has 3 aromatic rings. The molecule has 0 heterocycles. The van der Waals surface area contributed by atoms with Gasteiger partial charge in [-0.1, -0.05) is 36.8 Å². The number of benzene rings is 3. The third-order valence-corrected chi connectivity index (χ3v) is 5.75. The highest BCUT2D eigenvalue weighted by Crippen LogP contribution is 2.19. The molecular weight excluding hydrogens is 372 g/mol. The summed E-state index contributed by atoms with van der Waals surface area (Å²) in [5, 5.41) is 2.81. The zero-order valence-corrected chi connectivity index (χ0v) is 16.6. The third-order valence-electron chi connectivity index (χ3n) is 4.35. The average molecular weight is 394 g/mol. The van der Waals surface area contributed by atoms with Crippen LogP contribution < -0.4 is 10.0 Å². The maximum atomic E-state index is 12.4. The Hall–Kier alpha value is -3.12. The topological polar surface area (TPSA) is 75.3 Å². The maximum absolute atomic E-state index is 12.4. The molecule has 5 nitrogen and oxygen atoms in total. The van der Waals surface area contributed by atoms with E-state index in [4.69, 9.17) is 0 Å². The lowest BCUT2D eigenvalue weighted by Gasteiger charge is -2.10. The van der Waals surface area contributed by atoms with Crippen LogP contribution in [0.5, 0.6) is 0 Å². The zero-order chi connectivity index (χ0) is 20.1. The van der Waals surface area contributed by atoms with Crippen molar-refractivity contribution in [2.45, 2.75) is 25.2 Å². The summed E-state index contributed by atoms with van der Waals surface area (Å²) in [6, 6.07) is 20.6. The first-order valence-electron chi connectivity index (χ1n) is 8.97. The highest BCUT2D eigenvalue weighted by atomic mass is 32.2. The van der Waals surface area contributed by atoms with Crippen LogP contribution in [-0.2, 0) is 16.4 Å². The number of carbonyl (C=O) groups excluding carboxylic acids is 1. The molecule has 0 saturated carbocycles. The molecule has 3 aromatic carbocycles. The maximum Gasteiger partial charge on any atom is 0.261 e. The van der Waals surface area contributed by atoms with Crippen molar-refractivity contribution in [3.8, 4) is 0 Å². The van der Waals surface area contributed by atoms with Crippen LogP contribution in [0.1, 0.15) is 28.4 Å². The third kappa shape index (κ3) is 4.78. The summed E-state index contributed by atoms with van der Waals surface area (Å²) < 4.78 is 27.4. The lowest BCUT2D eigenvalue weighted by Crippen LogP contribution is -2.14. The standard InChI is InChI=1S/C22H22N2O3S/c1-3-17-6-8-18(9-7-17)22(25)23-19-10-12-20(13-11-19)24-28(26,27)21-14-4-16(2)5-15-21/h4-15,24H,3H2,1-2H3,(H,23,25). The Labute approximate surface area is 165 Å². The van der Waals surface area contributed by atoms with Crippen molar-refractivity contribution in [2.75, 3.05) is 10.0 Å². The Morgan fingerprint density at radius 1 is 0.821 bits per heavy atom. The van der Waals surface area contributed by atoms with E-state index in [1.165, 1.54) is 5.56 Å². The van der Waals surface area contributed by atoms with E-state index < -0.39 is 10.0 Å². The van der Waals surface area contributed by atoms with E-state index in [1.54, 1.807) is 60.7 Å². The average Bonchev–Trinajstić information content (AvgIpc) is 2.69. The first kappa shape index (κ1) is 19.6. The van der Waals surface area contributed by atoms with Crippen molar-refractivity contribution in [2.24, 2.45) is 0 Å². The second-order valence-corrected chi connectivity index (χ2v) is 8.18. The van der Waals surface area contributed by atoms with Gasteiger partial charge in [0, 0.05) is 16.9 Å². The van der Waals surface area contributed by atoms with Crippen LogP contribution in [0.25, 0.3) is 0 Å². The van der Waals surface area contributed by atoms with Gasteiger partial charge in [0.1, 0.15) is 0 Å². The molecular formula is C22H22N2O3S. The van der Waals surface area contributed by atoms with Gasteiger partial charge in [-0.2, -0.15) is 0 Å². The number of rotatable bonds is 6. The van der Waals surface area contributed by atoms with Gasteiger partial charge in [-0.3, -0.25) is 9.52 Å². The number of nitrogens with one attached hydrogen (secondary N) is 2. The van der Waals surface area contributed by atoms with E-state index in [9.17, 15) is 13.2 Å². The fourth-order valence-corrected chi connectivity index (χ4v) is 3.71. The highest BCUT2D eigenvalue weighted by molar-refractivity contribution is 7.92. The second-order valence-electron chi connectivity index (χ2n) is 6.50. The summed E-state index contributed by atoms with van der Waals surface area (Å²) >= 11 is 0. The van der Waals surface area contributed by atoms with Gasteiger partial charge < -0.3 is 5.32 Å². The molecule has 144 valence electrons. The van der Waals surface area contributed by atoms with E-state index in [0.717, 1.165) is 12.0 Å². The minimum absolute atomic E-state index is 0.200.